The number of amides is 1. The normalized spacial score (nSPS) is 10.4. The molecule has 0 bridgehead atoms. The SMILES string of the molecule is Cc1cc(C)cc(OCCNC(=O)c2ccc(OCc3ccccc3Cl)cc2)c1. The van der Waals surface area contributed by atoms with Gasteiger partial charge in [0, 0.05) is 16.1 Å². The van der Waals surface area contributed by atoms with E-state index in [9.17, 15) is 4.79 Å². The summed E-state index contributed by atoms with van der Waals surface area (Å²) in [5, 5.41) is 3.53. The summed E-state index contributed by atoms with van der Waals surface area (Å²) >= 11 is 6.13. The fourth-order valence-corrected chi connectivity index (χ4v) is 3.12. The van der Waals surface area contributed by atoms with Crippen molar-refractivity contribution < 1.29 is 14.3 Å². The molecule has 4 nitrogen and oxygen atoms in total. The summed E-state index contributed by atoms with van der Waals surface area (Å²) < 4.78 is 11.4. The van der Waals surface area contributed by atoms with Gasteiger partial charge in [0.2, 0.25) is 0 Å². The second-order valence-corrected chi connectivity index (χ2v) is 7.24. The topological polar surface area (TPSA) is 47.6 Å². The van der Waals surface area contributed by atoms with Crippen molar-refractivity contribution in [3.63, 3.8) is 0 Å². The van der Waals surface area contributed by atoms with Crippen molar-refractivity contribution in [2.24, 2.45) is 0 Å². The largest absolute Gasteiger partial charge is 0.492 e. The van der Waals surface area contributed by atoms with E-state index in [-0.39, 0.29) is 5.91 Å². The molecular formula is C24H24ClNO3. The Kier molecular flexibility index (Phi) is 7.14. The maximum atomic E-state index is 12.3. The average Bonchev–Trinajstić information content (AvgIpc) is 2.70. The van der Waals surface area contributed by atoms with Crippen molar-refractivity contribution in [3.05, 3.63) is 94.0 Å². The van der Waals surface area contributed by atoms with Crippen LogP contribution in [0.5, 0.6) is 11.5 Å². The number of carbonyl (C=O) groups is 1. The molecule has 3 aromatic rings. The van der Waals surface area contributed by atoms with Gasteiger partial charge >= 0.3 is 0 Å². The molecule has 0 atom stereocenters. The third kappa shape index (κ3) is 6.26. The molecule has 3 aromatic carbocycles. The summed E-state index contributed by atoms with van der Waals surface area (Å²) in [6.45, 7) is 5.28. The number of ether oxygens (including phenoxy) is 2. The van der Waals surface area contributed by atoms with E-state index in [1.165, 1.54) is 0 Å². The summed E-state index contributed by atoms with van der Waals surface area (Å²) in [6.07, 6.45) is 0. The number of nitrogens with one attached hydrogen (secondary N) is 1. The van der Waals surface area contributed by atoms with E-state index in [4.69, 9.17) is 21.1 Å². The molecule has 29 heavy (non-hydrogen) atoms. The minimum atomic E-state index is -0.147. The lowest BCUT2D eigenvalue weighted by Crippen LogP contribution is -2.28. The zero-order chi connectivity index (χ0) is 20.6. The van der Waals surface area contributed by atoms with E-state index in [0.717, 1.165) is 22.4 Å². The van der Waals surface area contributed by atoms with Gasteiger partial charge in [0.25, 0.3) is 5.91 Å². The Bertz CT molecular complexity index is 950. The first-order valence-electron chi connectivity index (χ1n) is 9.47. The van der Waals surface area contributed by atoms with Gasteiger partial charge in [-0.1, -0.05) is 35.9 Å². The average molecular weight is 410 g/mol. The Morgan fingerprint density at radius 2 is 1.59 bits per heavy atom. The van der Waals surface area contributed by atoms with Crippen molar-refractivity contribution in [1.82, 2.24) is 5.32 Å². The van der Waals surface area contributed by atoms with Crippen LogP contribution < -0.4 is 14.8 Å². The third-order valence-electron chi connectivity index (χ3n) is 4.32. The molecule has 0 heterocycles. The van der Waals surface area contributed by atoms with Crippen LogP contribution in [-0.4, -0.2) is 19.1 Å². The van der Waals surface area contributed by atoms with Crippen LogP contribution in [0.1, 0.15) is 27.0 Å². The summed E-state index contributed by atoms with van der Waals surface area (Å²) in [4.78, 5) is 12.3. The lowest BCUT2D eigenvalue weighted by molar-refractivity contribution is 0.0947. The molecule has 0 saturated heterocycles. The minimum Gasteiger partial charge on any atom is -0.492 e. The Morgan fingerprint density at radius 1 is 0.897 bits per heavy atom. The molecule has 0 spiro atoms. The van der Waals surface area contributed by atoms with E-state index in [2.05, 4.69) is 11.4 Å². The zero-order valence-electron chi connectivity index (χ0n) is 16.6. The molecule has 0 aliphatic rings. The molecule has 150 valence electrons. The molecule has 5 heteroatoms. The van der Waals surface area contributed by atoms with Crippen molar-refractivity contribution >= 4 is 17.5 Å². The molecular weight excluding hydrogens is 386 g/mol. The van der Waals surface area contributed by atoms with Gasteiger partial charge < -0.3 is 14.8 Å². The van der Waals surface area contributed by atoms with Crippen LogP contribution >= 0.6 is 11.6 Å². The van der Waals surface area contributed by atoms with E-state index in [1.54, 1.807) is 24.3 Å². The predicted molar refractivity (Wildman–Crippen MR) is 116 cm³/mol. The molecule has 1 N–H and O–H groups in total. The fraction of sp³-hybridized carbons (Fsp3) is 0.208. The van der Waals surface area contributed by atoms with Gasteiger partial charge in [-0.05, 0) is 67.4 Å². The van der Waals surface area contributed by atoms with Crippen LogP contribution in [-0.2, 0) is 6.61 Å². The first-order valence-corrected chi connectivity index (χ1v) is 9.84. The van der Waals surface area contributed by atoms with E-state index >= 15 is 0 Å². The van der Waals surface area contributed by atoms with Crippen LogP contribution in [0.3, 0.4) is 0 Å². The maximum absolute atomic E-state index is 12.3. The van der Waals surface area contributed by atoms with Gasteiger partial charge in [0.05, 0.1) is 6.54 Å². The highest BCUT2D eigenvalue weighted by Crippen LogP contribution is 2.19. The van der Waals surface area contributed by atoms with Gasteiger partial charge in [-0.2, -0.15) is 0 Å². The second-order valence-electron chi connectivity index (χ2n) is 6.83. The van der Waals surface area contributed by atoms with Crippen molar-refractivity contribution in [2.45, 2.75) is 20.5 Å². The summed E-state index contributed by atoms with van der Waals surface area (Å²) in [6, 6.07) is 20.6. The Morgan fingerprint density at radius 3 is 2.28 bits per heavy atom. The first kappa shape index (κ1) is 20.7. The number of halogens is 1. The second kappa shape index (κ2) is 9.99. The first-order chi connectivity index (χ1) is 14.0. The smallest absolute Gasteiger partial charge is 0.251 e. The molecule has 1 amide bonds. The number of hydrogen-bond acceptors (Lipinski definition) is 3. The van der Waals surface area contributed by atoms with Crippen LogP contribution in [0.15, 0.2) is 66.7 Å². The molecule has 3 rings (SSSR count). The van der Waals surface area contributed by atoms with Gasteiger partial charge in [-0.3, -0.25) is 4.79 Å². The number of carbonyl (C=O) groups excluding carboxylic acids is 1. The molecule has 0 aromatic heterocycles. The Hall–Kier alpha value is -2.98. The van der Waals surface area contributed by atoms with Crippen molar-refractivity contribution in [1.29, 1.82) is 0 Å². The monoisotopic (exact) mass is 409 g/mol. The minimum absolute atomic E-state index is 0.147. The highest BCUT2D eigenvalue weighted by Gasteiger charge is 2.06. The van der Waals surface area contributed by atoms with Crippen LogP contribution in [0.2, 0.25) is 5.02 Å². The van der Waals surface area contributed by atoms with Gasteiger partial charge in [0.1, 0.15) is 24.7 Å². The molecule has 0 unspecified atom stereocenters. The Labute approximate surface area is 176 Å². The maximum Gasteiger partial charge on any atom is 0.251 e. The summed E-state index contributed by atoms with van der Waals surface area (Å²) in [7, 11) is 0. The summed E-state index contributed by atoms with van der Waals surface area (Å²) in [5.74, 6) is 1.35. The number of rotatable bonds is 8. The van der Waals surface area contributed by atoms with E-state index in [0.29, 0.717) is 36.1 Å². The van der Waals surface area contributed by atoms with Crippen molar-refractivity contribution in [3.8, 4) is 11.5 Å². The lowest BCUT2D eigenvalue weighted by atomic mass is 10.1. The quantitative estimate of drug-likeness (QED) is 0.510. The molecule has 0 aliphatic heterocycles. The summed E-state index contributed by atoms with van der Waals surface area (Å²) in [5.41, 5.74) is 3.79. The highest BCUT2D eigenvalue weighted by atomic mass is 35.5. The highest BCUT2D eigenvalue weighted by molar-refractivity contribution is 6.31. The van der Waals surface area contributed by atoms with Crippen LogP contribution in [0, 0.1) is 13.8 Å². The van der Waals surface area contributed by atoms with Gasteiger partial charge in [-0.15, -0.1) is 0 Å². The lowest BCUT2D eigenvalue weighted by Gasteiger charge is -2.10. The number of hydrogen-bond donors (Lipinski definition) is 1. The molecule has 0 saturated carbocycles. The van der Waals surface area contributed by atoms with Crippen LogP contribution in [0.4, 0.5) is 0 Å². The standard InChI is InChI=1S/C24H24ClNO3/c1-17-13-18(2)15-22(14-17)28-12-11-26-24(27)19-7-9-21(10-8-19)29-16-20-5-3-4-6-23(20)25/h3-10,13-15H,11-12,16H2,1-2H3,(H,26,27). The van der Waals surface area contributed by atoms with Crippen LogP contribution in [0.25, 0.3) is 0 Å². The van der Waals surface area contributed by atoms with Gasteiger partial charge in [-0.25, -0.2) is 0 Å². The predicted octanol–water partition coefficient (Wildman–Crippen LogP) is 5.34. The van der Waals surface area contributed by atoms with E-state index < -0.39 is 0 Å². The van der Waals surface area contributed by atoms with E-state index in [1.807, 2.05) is 50.2 Å². The Balaban J connectivity index is 1.44. The van der Waals surface area contributed by atoms with Crippen molar-refractivity contribution in [2.75, 3.05) is 13.2 Å². The fourth-order valence-electron chi connectivity index (χ4n) is 2.93. The zero-order valence-corrected chi connectivity index (χ0v) is 17.3. The third-order valence-corrected chi connectivity index (χ3v) is 4.69. The molecule has 0 fully saturated rings. The van der Waals surface area contributed by atoms with Gasteiger partial charge in [0.15, 0.2) is 0 Å². The molecule has 0 radical (unpaired) electrons. The number of aryl methyl sites for hydroxylation is 2. The number of benzene rings is 3. The molecule has 0 aliphatic carbocycles.